The van der Waals surface area contributed by atoms with Crippen molar-refractivity contribution < 1.29 is 4.79 Å². The van der Waals surface area contributed by atoms with Crippen LogP contribution in [-0.4, -0.2) is 48.6 Å². The Morgan fingerprint density at radius 1 is 1.18 bits per heavy atom. The van der Waals surface area contributed by atoms with Gasteiger partial charge in [0.05, 0.1) is 12.9 Å². The summed E-state index contributed by atoms with van der Waals surface area (Å²) in [7, 11) is 0. The summed E-state index contributed by atoms with van der Waals surface area (Å²) in [5, 5.41) is 6.88. The Morgan fingerprint density at radius 2 is 1.96 bits per heavy atom. The Bertz CT molecular complexity index is 952. The lowest BCUT2D eigenvalue weighted by Gasteiger charge is -2.31. The van der Waals surface area contributed by atoms with Crippen LogP contribution in [0.2, 0.25) is 0 Å². The summed E-state index contributed by atoms with van der Waals surface area (Å²) in [5.41, 5.74) is 1.86. The van der Waals surface area contributed by atoms with E-state index in [1.54, 1.807) is 17.1 Å². The maximum absolute atomic E-state index is 12.5. The van der Waals surface area contributed by atoms with Gasteiger partial charge < -0.3 is 9.88 Å². The summed E-state index contributed by atoms with van der Waals surface area (Å²) in [6.07, 6.45) is 6.17. The minimum Gasteiger partial charge on any atom is -0.348 e. The van der Waals surface area contributed by atoms with Crippen LogP contribution in [0.15, 0.2) is 47.7 Å². The number of rotatable bonds is 6. The second-order valence-electron chi connectivity index (χ2n) is 7.19. The van der Waals surface area contributed by atoms with Crippen LogP contribution in [0.25, 0.3) is 0 Å². The van der Waals surface area contributed by atoms with Crippen molar-refractivity contribution >= 4 is 5.91 Å². The smallest absolute Gasteiger partial charge is 0.343 e. The number of aryl methyl sites for hydroxylation is 1. The maximum Gasteiger partial charge on any atom is 0.343 e. The lowest BCUT2D eigenvalue weighted by Crippen LogP contribution is -2.38. The second kappa shape index (κ2) is 8.24. The van der Waals surface area contributed by atoms with Gasteiger partial charge in [-0.25, -0.2) is 14.9 Å². The van der Waals surface area contributed by atoms with Gasteiger partial charge in [-0.3, -0.25) is 9.36 Å². The van der Waals surface area contributed by atoms with Crippen molar-refractivity contribution in [2.24, 2.45) is 0 Å². The summed E-state index contributed by atoms with van der Waals surface area (Å²) < 4.78 is 1.72. The number of hydrogen-bond acceptors (Lipinski definition) is 4. The highest BCUT2D eigenvalue weighted by atomic mass is 16.2. The van der Waals surface area contributed by atoms with E-state index < -0.39 is 0 Å². The molecule has 0 radical (unpaired) electrons. The summed E-state index contributed by atoms with van der Waals surface area (Å²) in [6.45, 7) is 1.90. The fourth-order valence-electron chi connectivity index (χ4n) is 3.77. The van der Waals surface area contributed by atoms with E-state index in [0.717, 1.165) is 29.9 Å². The van der Waals surface area contributed by atoms with Crippen LogP contribution in [0, 0.1) is 0 Å². The molecule has 2 N–H and O–H groups in total. The van der Waals surface area contributed by atoms with Crippen molar-refractivity contribution in [1.82, 2.24) is 29.6 Å². The molecule has 4 rings (SSSR count). The largest absolute Gasteiger partial charge is 0.348 e. The molecular weight excluding hydrogens is 356 g/mol. The molecule has 8 nitrogen and oxygen atoms in total. The van der Waals surface area contributed by atoms with Crippen molar-refractivity contribution in [2.45, 2.75) is 38.1 Å². The number of aromatic amines is 2. The Morgan fingerprint density at radius 3 is 2.68 bits per heavy atom. The van der Waals surface area contributed by atoms with Gasteiger partial charge in [0.25, 0.3) is 0 Å². The van der Waals surface area contributed by atoms with E-state index >= 15 is 0 Å². The summed E-state index contributed by atoms with van der Waals surface area (Å²) in [6, 6.07) is 9.90. The number of nitrogens with zero attached hydrogens (tertiary/aromatic N) is 4. The van der Waals surface area contributed by atoms with Gasteiger partial charge in [-0.2, -0.15) is 5.10 Å². The molecule has 1 aliphatic rings. The molecule has 1 fully saturated rings. The number of carbonyl (C=O) groups is 1. The van der Waals surface area contributed by atoms with Gasteiger partial charge >= 0.3 is 5.69 Å². The third-order valence-electron chi connectivity index (χ3n) is 5.35. The van der Waals surface area contributed by atoms with Crippen LogP contribution < -0.4 is 5.69 Å². The molecule has 3 heterocycles. The van der Waals surface area contributed by atoms with Crippen molar-refractivity contribution in [2.75, 3.05) is 13.1 Å². The van der Waals surface area contributed by atoms with Crippen molar-refractivity contribution in [3.05, 3.63) is 70.4 Å². The Hall–Kier alpha value is -3.16. The van der Waals surface area contributed by atoms with Crippen LogP contribution in [0.4, 0.5) is 0 Å². The number of aromatic nitrogens is 5. The molecule has 1 amide bonds. The third kappa shape index (κ3) is 4.05. The van der Waals surface area contributed by atoms with Gasteiger partial charge in [-0.1, -0.05) is 30.3 Å². The average Bonchev–Trinajstić information content (AvgIpc) is 3.38. The van der Waals surface area contributed by atoms with E-state index in [2.05, 4.69) is 20.2 Å². The van der Waals surface area contributed by atoms with Crippen LogP contribution in [0.3, 0.4) is 0 Å². The minimum absolute atomic E-state index is 0.164. The van der Waals surface area contributed by atoms with E-state index in [-0.39, 0.29) is 17.5 Å². The van der Waals surface area contributed by atoms with E-state index in [1.165, 1.54) is 0 Å². The van der Waals surface area contributed by atoms with E-state index in [4.69, 9.17) is 0 Å². The quantitative estimate of drug-likeness (QED) is 0.680. The molecule has 0 atom stereocenters. The van der Waals surface area contributed by atoms with Gasteiger partial charge in [0.1, 0.15) is 5.82 Å². The summed E-state index contributed by atoms with van der Waals surface area (Å²) in [4.78, 5) is 33.6. The number of H-pyrrole nitrogens is 2. The highest BCUT2D eigenvalue weighted by Gasteiger charge is 2.27. The standard InChI is InChI=1S/C20H24N6O2/c27-18(7-6-17-12-21-14-22-17)25-10-8-16(9-11-25)19-23-24-20(28)26(19)13-15-4-2-1-3-5-15/h1-5,12,14,16H,6-11,13H2,(H,21,22)(H,24,28). The highest BCUT2D eigenvalue weighted by Crippen LogP contribution is 2.26. The van der Waals surface area contributed by atoms with Crippen molar-refractivity contribution in [1.29, 1.82) is 0 Å². The first kappa shape index (κ1) is 18.2. The molecule has 0 spiro atoms. The molecule has 28 heavy (non-hydrogen) atoms. The summed E-state index contributed by atoms with van der Waals surface area (Å²) in [5.74, 6) is 1.13. The zero-order valence-corrected chi connectivity index (χ0v) is 15.7. The molecule has 0 aliphatic carbocycles. The SMILES string of the molecule is O=C(CCc1cnc[nH]1)N1CCC(c2n[nH]c(=O)n2Cc2ccccc2)CC1. The third-order valence-corrected chi connectivity index (χ3v) is 5.35. The maximum atomic E-state index is 12.5. The Balaban J connectivity index is 1.36. The fourth-order valence-corrected chi connectivity index (χ4v) is 3.77. The number of amides is 1. The highest BCUT2D eigenvalue weighted by molar-refractivity contribution is 5.76. The van der Waals surface area contributed by atoms with Crippen LogP contribution >= 0.6 is 0 Å². The lowest BCUT2D eigenvalue weighted by atomic mass is 9.95. The first-order chi connectivity index (χ1) is 13.7. The summed E-state index contributed by atoms with van der Waals surface area (Å²) >= 11 is 0. The zero-order valence-electron chi connectivity index (χ0n) is 15.7. The Labute approximate surface area is 162 Å². The predicted molar refractivity (Wildman–Crippen MR) is 104 cm³/mol. The number of benzene rings is 1. The number of nitrogens with one attached hydrogen (secondary N) is 2. The van der Waals surface area contributed by atoms with Crippen molar-refractivity contribution in [3.63, 3.8) is 0 Å². The molecule has 2 aromatic heterocycles. The Kier molecular flexibility index (Phi) is 5.36. The molecule has 8 heteroatoms. The predicted octanol–water partition coefficient (Wildman–Crippen LogP) is 1.68. The first-order valence-corrected chi connectivity index (χ1v) is 9.65. The fraction of sp³-hybridized carbons (Fsp3) is 0.400. The molecule has 1 saturated heterocycles. The minimum atomic E-state index is -0.183. The van der Waals surface area contributed by atoms with Gasteiger partial charge in [0, 0.05) is 37.3 Å². The molecular formula is C20H24N6O2. The topological polar surface area (TPSA) is 99.7 Å². The van der Waals surface area contributed by atoms with E-state index in [0.29, 0.717) is 32.5 Å². The molecule has 0 unspecified atom stereocenters. The average molecular weight is 380 g/mol. The number of piperidine rings is 1. The van der Waals surface area contributed by atoms with Crippen molar-refractivity contribution in [3.8, 4) is 0 Å². The normalized spacial score (nSPS) is 15.1. The number of likely N-dealkylation sites (tertiary alicyclic amines) is 1. The molecule has 146 valence electrons. The number of imidazole rings is 1. The van der Waals surface area contributed by atoms with Gasteiger partial charge in [0.15, 0.2) is 0 Å². The number of carbonyl (C=O) groups excluding carboxylic acids is 1. The monoisotopic (exact) mass is 380 g/mol. The lowest BCUT2D eigenvalue weighted by molar-refractivity contribution is -0.132. The second-order valence-corrected chi connectivity index (χ2v) is 7.19. The molecule has 1 aliphatic heterocycles. The van der Waals surface area contributed by atoms with E-state index in [1.807, 2.05) is 35.2 Å². The molecule has 3 aromatic rings. The molecule has 0 bridgehead atoms. The zero-order chi connectivity index (χ0) is 19.3. The van der Waals surface area contributed by atoms with Crippen LogP contribution in [0.5, 0.6) is 0 Å². The molecule has 0 saturated carbocycles. The van der Waals surface area contributed by atoms with Gasteiger partial charge in [-0.15, -0.1) is 0 Å². The van der Waals surface area contributed by atoms with Gasteiger partial charge in [0.2, 0.25) is 5.91 Å². The first-order valence-electron chi connectivity index (χ1n) is 9.65. The molecule has 1 aromatic carbocycles. The van der Waals surface area contributed by atoms with Crippen LogP contribution in [0.1, 0.15) is 42.3 Å². The number of hydrogen-bond donors (Lipinski definition) is 2. The van der Waals surface area contributed by atoms with Gasteiger partial charge in [-0.05, 0) is 24.8 Å². The van der Waals surface area contributed by atoms with E-state index in [9.17, 15) is 9.59 Å². The van der Waals surface area contributed by atoms with Crippen LogP contribution in [-0.2, 0) is 17.8 Å².